The number of hydrogen-bond donors (Lipinski definition) is 2. The fourth-order valence-corrected chi connectivity index (χ4v) is 2.07. The maximum absolute atomic E-state index is 11.9. The molecule has 0 aliphatic carbocycles. The lowest BCUT2D eigenvalue weighted by molar-refractivity contribution is -0.120. The molecule has 6 nitrogen and oxygen atoms in total. The highest BCUT2D eigenvalue weighted by molar-refractivity contribution is 6.30. The number of ether oxygens (including phenoxy) is 1. The molecule has 0 aromatic heterocycles. The first kappa shape index (κ1) is 18.5. The Morgan fingerprint density at radius 2 is 1.64 bits per heavy atom. The van der Waals surface area contributed by atoms with Crippen LogP contribution < -0.4 is 15.5 Å². The van der Waals surface area contributed by atoms with Crippen molar-refractivity contribution in [1.29, 1.82) is 0 Å². The number of carbonyl (C=O) groups is 2. The normalized spacial score (nSPS) is 10.9. The van der Waals surface area contributed by atoms with Crippen molar-refractivity contribution in [2.45, 2.75) is 6.92 Å². The van der Waals surface area contributed by atoms with Gasteiger partial charge in [0.15, 0.2) is 0 Å². The maximum atomic E-state index is 11.9. The molecular formula is C18H18ClN3O3. The van der Waals surface area contributed by atoms with Crippen molar-refractivity contribution < 1.29 is 14.3 Å². The van der Waals surface area contributed by atoms with Crippen LogP contribution in [-0.2, 0) is 4.79 Å². The predicted octanol–water partition coefficient (Wildman–Crippen LogP) is 2.62. The Morgan fingerprint density at radius 1 is 1.04 bits per heavy atom. The van der Waals surface area contributed by atoms with Crippen LogP contribution in [0.1, 0.15) is 22.8 Å². The number of hydrazone groups is 1. The zero-order valence-electron chi connectivity index (χ0n) is 13.9. The number of halogens is 1. The van der Waals surface area contributed by atoms with Crippen molar-refractivity contribution in [3.63, 3.8) is 0 Å². The monoisotopic (exact) mass is 359 g/mol. The molecule has 2 aromatic rings. The van der Waals surface area contributed by atoms with E-state index in [1.54, 1.807) is 38.3 Å². The van der Waals surface area contributed by atoms with Crippen LogP contribution in [0.15, 0.2) is 53.6 Å². The fraction of sp³-hybridized carbons (Fsp3) is 0.167. The van der Waals surface area contributed by atoms with Crippen molar-refractivity contribution in [2.75, 3.05) is 13.7 Å². The van der Waals surface area contributed by atoms with Crippen LogP contribution in [0, 0.1) is 0 Å². The fourth-order valence-electron chi connectivity index (χ4n) is 1.95. The summed E-state index contributed by atoms with van der Waals surface area (Å²) in [4.78, 5) is 23.7. The third-order valence-corrected chi connectivity index (χ3v) is 3.62. The smallest absolute Gasteiger partial charge is 0.259 e. The van der Waals surface area contributed by atoms with Crippen LogP contribution in [-0.4, -0.2) is 31.2 Å². The van der Waals surface area contributed by atoms with Gasteiger partial charge in [0.1, 0.15) is 5.75 Å². The minimum Gasteiger partial charge on any atom is -0.497 e. The Bertz CT molecular complexity index is 771. The Labute approximate surface area is 150 Å². The summed E-state index contributed by atoms with van der Waals surface area (Å²) < 4.78 is 5.09. The largest absolute Gasteiger partial charge is 0.497 e. The Kier molecular flexibility index (Phi) is 6.54. The van der Waals surface area contributed by atoms with E-state index in [-0.39, 0.29) is 12.5 Å². The summed E-state index contributed by atoms with van der Waals surface area (Å²) in [6, 6.07) is 13.7. The van der Waals surface area contributed by atoms with Gasteiger partial charge in [-0.1, -0.05) is 11.6 Å². The minimum atomic E-state index is -0.421. The summed E-state index contributed by atoms with van der Waals surface area (Å²) in [5, 5.41) is 7.08. The standard InChI is InChI=1S/C18H18ClN3O3/c1-12(13-5-9-16(25-2)10-6-13)21-22-17(23)11-20-18(24)14-3-7-15(19)8-4-14/h3-10H,11H2,1-2H3,(H,20,24)(H,22,23). The highest BCUT2D eigenvalue weighted by atomic mass is 35.5. The van der Waals surface area contributed by atoms with Gasteiger partial charge in [0, 0.05) is 10.6 Å². The second-order valence-electron chi connectivity index (χ2n) is 5.15. The van der Waals surface area contributed by atoms with Crippen molar-refractivity contribution in [3.05, 3.63) is 64.7 Å². The first-order valence-electron chi connectivity index (χ1n) is 7.51. The molecule has 2 aromatic carbocycles. The Hall–Kier alpha value is -2.86. The van der Waals surface area contributed by atoms with E-state index in [2.05, 4.69) is 15.8 Å². The molecular weight excluding hydrogens is 342 g/mol. The molecule has 0 spiro atoms. The molecule has 2 N–H and O–H groups in total. The zero-order valence-corrected chi connectivity index (χ0v) is 14.6. The predicted molar refractivity (Wildman–Crippen MR) is 97.1 cm³/mol. The summed E-state index contributed by atoms with van der Waals surface area (Å²) in [7, 11) is 1.59. The maximum Gasteiger partial charge on any atom is 0.259 e. The number of methoxy groups -OCH3 is 1. The van der Waals surface area contributed by atoms with E-state index in [1.807, 2.05) is 24.3 Å². The first-order chi connectivity index (χ1) is 12.0. The lowest BCUT2D eigenvalue weighted by Crippen LogP contribution is -2.35. The highest BCUT2D eigenvalue weighted by Gasteiger charge is 2.07. The molecule has 2 amide bonds. The molecule has 2 rings (SSSR count). The molecule has 0 unspecified atom stereocenters. The summed E-state index contributed by atoms with van der Waals surface area (Å²) in [6.45, 7) is 1.59. The van der Waals surface area contributed by atoms with E-state index in [9.17, 15) is 9.59 Å². The lowest BCUT2D eigenvalue weighted by Gasteiger charge is -2.06. The number of rotatable bonds is 6. The Balaban J connectivity index is 1.84. The number of benzene rings is 2. The van der Waals surface area contributed by atoms with Gasteiger partial charge in [-0.05, 0) is 61.0 Å². The molecule has 0 heterocycles. The van der Waals surface area contributed by atoms with Gasteiger partial charge < -0.3 is 10.1 Å². The van der Waals surface area contributed by atoms with Gasteiger partial charge in [-0.2, -0.15) is 5.10 Å². The van der Waals surface area contributed by atoms with E-state index < -0.39 is 5.91 Å². The van der Waals surface area contributed by atoms with Crippen LogP contribution in [0.2, 0.25) is 5.02 Å². The topological polar surface area (TPSA) is 79.8 Å². The average molecular weight is 360 g/mol. The summed E-state index contributed by atoms with van der Waals surface area (Å²) >= 11 is 5.76. The van der Waals surface area contributed by atoms with E-state index in [0.717, 1.165) is 11.3 Å². The van der Waals surface area contributed by atoms with Gasteiger partial charge in [-0.15, -0.1) is 0 Å². The lowest BCUT2D eigenvalue weighted by atomic mass is 10.1. The minimum absolute atomic E-state index is 0.180. The summed E-state index contributed by atoms with van der Waals surface area (Å²) in [5.74, 6) is -0.0386. The molecule has 0 atom stereocenters. The van der Waals surface area contributed by atoms with Crippen molar-refractivity contribution in [3.8, 4) is 5.75 Å². The van der Waals surface area contributed by atoms with Gasteiger partial charge in [-0.25, -0.2) is 5.43 Å². The zero-order chi connectivity index (χ0) is 18.2. The number of nitrogens with one attached hydrogen (secondary N) is 2. The van der Waals surface area contributed by atoms with Crippen LogP contribution in [0.25, 0.3) is 0 Å². The van der Waals surface area contributed by atoms with E-state index in [1.165, 1.54) is 0 Å². The molecule has 0 fully saturated rings. The molecule has 0 aliphatic rings. The van der Waals surface area contributed by atoms with E-state index in [4.69, 9.17) is 16.3 Å². The molecule has 130 valence electrons. The number of carbonyl (C=O) groups excluding carboxylic acids is 2. The molecule has 0 bridgehead atoms. The van der Waals surface area contributed by atoms with Crippen molar-refractivity contribution >= 4 is 29.1 Å². The molecule has 0 saturated heterocycles. The quantitative estimate of drug-likeness (QED) is 0.614. The average Bonchev–Trinajstić information content (AvgIpc) is 2.64. The van der Waals surface area contributed by atoms with Crippen molar-refractivity contribution in [1.82, 2.24) is 10.7 Å². The van der Waals surface area contributed by atoms with Gasteiger partial charge >= 0.3 is 0 Å². The third-order valence-electron chi connectivity index (χ3n) is 3.37. The molecule has 0 saturated carbocycles. The molecule has 0 aliphatic heterocycles. The summed E-state index contributed by atoms with van der Waals surface area (Å²) in [6.07, 6.45) is 0. The first-order valence-corrected chi connectivity index (χ1v) is 7.88. The van der Waals surface area contributed by atoms with Crippen LogP contribution in [0.5, 0.6) is 5.75 Å². The van der Waals surface area contributed by atoms with Crippen LogP contribution in [0.4, 0.5) is 0 Å². The second kappa shape index (κ2) is 8.84. The van der Waals surface area contributed by atoms with Gasteiger partial charge in [0.25, 0.3) is 11.8 Å². The van der Waals surface area contributed by atoms with E-state index in [0.29, 0.717) is 16.3 Å². The van der Waals surface area contributed by atoms with E-state index >= 15 is 0 Å². The van der Waals surface area contributed by atoms with Crippen LogP contribution >= 0.6 is 11.6 Å². The van der Waals surface area contributed by atoms with Crippen molar-refractivity contribution in [2.24, 2.45) is 5.10 Å². The molecule has 0 radical (unpaired) electrons. The summed E-state index contributed by atoms with van der Waals surface area (Å²) in [5.41, 5.74) is 4.33. The van der Waals surface area contributed by atoms with Gasteiger partial charge in [0.2, 0.25) is 0 Å². The van der Waals surface area contributed by atoms with Gasteiger partial charge in [0.05, 0.1) is 19.4 Å². The molecule has 7 heteroatoms. The second-order valence-corrected chi connectivity index (χ2v) is 5.59. The number of nitrogens with zero attached hydrogens (tertiary/aromatic N) is 1. The molecule has 25 heavy (non-hydrogen) atoms. The van der Waals surface area contributed by atoms with Gasteiger partial charge in [-0.3, -0.25) is 9.59 Å². The van der Waals surface area contributed by atoms with Crippen LogP contribution in [0.3, 0.4) is 0 Å². The number of hydrogen-bond acceptors (Lipinski definition) is 4. The SMILES string of the molecule is COc1ccc(C(C)=NNC(=O)CNC(=O)c2ccc(Cl)cc2)cc1. The number of amides is 2. The highest BCUT2D eigenvalue weighted by Crippen LogP contribution is 2.12. The third kappa shape index (κ3) is 5.61. The Morgan fingerprint density at radius 3 is 2.24 bits per heavy atom.